The molecule has 0 aliphatic rings. The van der Waals surface area contributed by atoms with Gasteiger partial charge in [-0.05, 0) is 6.54 Å². The number of rotatable bonds is 5. The van der Waals surface area contributed by atoms with Crippen molar-refractivity contribution in [1.82, 2.24) is 29.6 Å². The maximum absolute atomic E-state index is 4.26. The zero-order valence-electron chi connectivity index (χ0n) is 10.5. The second kappa shape index (κ2) is 5.09. The first-order valence-electron chi connectivity index (χ1n) is 5.74. The molecule has 0 saturated carbocycles. The summed E-state index contributed by atoms with van der Waals surface area (Å²) >= 11 is 0. The number of nitrogens with one attached hydrogen (secondary N) is 1. The van der Waals surface area contributed by atoms with Crippen LogP contribution in [0.4, 0.5) is 0 Å². The van der Waals surface area contributed by atoms with Gasteiger partial charge in [-0.3, -0.25) is 4.68 Å². The van der Waals surface area contributed by atoms with Crippen molar-refractivity contribution in [2.24, 2.45) is 14.1 Å². The lowest BCUT2D eigenvalue weighted by Crippen LogP contribution is -2.26. The summed E-state index contributed by atoms with van der Waals surface area (Å²) in [5.41, 5.74) is 1.16. The van der Waals surface area contributed by atoms with Crippen molar-refractivity contribution < 1.29 is 0 Å². The van der Waals surface area contributed by atoms with Crippen LogP contribution in [0.5, 0.6) is 0 Å². The first-order valence-corrected chi connectivity index (χ1v) is 5.74. The third kappa shape index (κ3) is 2.52. The van der Waals surface area contributed by atoms with Crippen LogP contribution in [0.2, 0.25) is 0 Å². The average Bonchev–Trinajstić information content (AvgIpc) is 2.88. The SMILES string of the molecule is CCNC(Cc1ncnn1C)c1cncn1C. The smallest absolute Gasteiger partial charge is 0.138 e. The predicted molar refractivity (Wildman–Crippen MR) is 64.3 cm³/mol. The lowest BCUT2D eigenvalue weighted by Gasteiger charge is -2.17. The molecule has 0 aliphatic heterocycles. The molecule has 0 amide bonds. The van der Waals surface area contributed by atoms with Gasteiger partial charge >= 0.3 is 0 Å². The molecule has 1 unspecified atom stereocenters. The van der Waals surface area contributed by atoms with Crippen molar-refractivity contribution in [1.29, 1.82) is 0 Å². The number of aryl methyl sites for hydroxylation is 2. The Bertz CT molecular complexity index is 472. The minimum atomic E-state index is 0.218. The number of hydrogen-bond donors (Lipinski definition) is 1. The van der Waals surface area contributed by atoms with Crippen LogP contribution >= 0.6 is 0 Å². The highest BCUT2D eigenvalue weighted by Gasteiger charge is 2.16. The van der Waals surface area contributed by atoms with Gasteiger partial charge in [0.2, 0.25) is 0 Å². The lowest BCUT2D eigenvalue weighted by atomic mass is 10.1. The lowest BCUT2D eigenvalue weighted by molar-refractivity contribution is 0.498. The standard InChI is InChI=1S/C11H18N6/c1-4-13-9(10-6-12-8-16(10)2)5-11-14-7-15-17(11)3/h6-9,13H,4-5H2,1-3H3. The topological polar surface area (TPSA) is 60.6 Å². The summed E-state index contributed by atoms with van der Waals surface area (Å²) in [6, 6.07) is 0.218. The molecule has 92 valence electrons. The van der Waals surface area contributed by atoms with Crippen LogP contribution in [-0.4, -0.2) is 30.9 Å². The molecule has 1 N–H and O–H groups in total. The number of nitrogens with zero attached hydrogens (tertiary/aromatic N) is 5. The maximum Gasteiger partial charge on any atom is 0.138 e. The molecule has 6 heteroatoms. The van der Waals surface area contributed by atoms with Gasteiger partial charge in [0, 0.05) is 26.7 Å². The molecule has 2 aromatic heterocycles. The fourth-order valence-electron chi connectivity index (χ4n) is 1.92. The molecular formula is C11H18N6. The summed E-state index contributed by atoms with van der Waals surface area (Å²) in [6.45, 7) is 3.01. The molecule has 2 heterocycles. The molecule has 6 nitrogen and oxygen atoms in total. The van der Waals surface area contributed by atoms with Crippen LogP contribution in [-0.2, 0) is 20.5 Å². The summed E-state index contributed by atoms with van der Waals surface area (Å²) in [5, 5.41) is 7.54. The van der Waals surface area contributed by atoms with Gasteiger partial charge in [-0.2, -0.15) is 5.10 Å². The monoisotopic (exact) mass is 234 g/mol. The first kappa shape index (κ1) is 11.8. The fraction of sp³-hybridized carbons (Fsp3) is 0.545. The van der Waals surface area contributed by atoms with Gasteiger partial charge in [-0.15, -0.1) is 0 Å². The van der Waals surface area contributed by atoms with Crippen molar-refractivity contribution in [2.75, 3.05) is 6.54 Å². The van der Waals surface area contributed by atoms with Crippen molar-refractivity contribution in [2.45, 2.75) is 19.4 Å². The van der Waals surface area contributed by atoms with Crippen molar-refractivity contribution >= 4 is 0 Å². The van der Waals surface area contributed by atoms with E-state index < -0.39 is 0 Å². The van der Waals surface area contributed by atoms with Crippen molar-refractivity contribution in [3.63, 3.8) is 0 Å². The Kier molecular flexibility index (Phi) is 3.53. The summed E-state index contributed by atoms with van der Waals surface area (Å²) in [5.74, 6) is 0.970. The van der Waals surface area contributed by atoms with Gasteiger partial charge in [0.1, 0.15) is 12.2 Å². The maximum atomic E-state index is 4.26. The van der Waals surface area contributed by atoms with E-state index in [9.17, 15) is 0 Å². The molecule has 2 rings (SSSR count). The Morgan fingerprint density at radius 3 is 2.76 bits per heavy atom. The van der Waals surface area contributed by atoms with E-state index in [1.165, 1.54) is 0 Å². The molecule has 0 radical (unpaired) electrons. The summed E-state index contributed by atoms with van der Waals surface area (Å²) in [6.07, 6.45) is 6.10. The molecule has 0 aliphatic carbocycles. The van der Waals surface area contributed by atoms with E-state index in [0.717, 1.165) is 24.5 Å². The molecule has 0 saturated heterocycles. The highest BCUT2D eigenvalue weighted by atomic mass is 15.3. The van der Waals surface area contributed by atoms with Crippen LogP contribution in [0.3, 0.4) is 0 Å². The molecule has 0 bridgehead atoms. The van der Waals surface area contributed by atoms with E-state index in [0.29, 0.717) is 0 Å². The molecule has 0 fully saturated rings. The highest BCUT2D eigenvalue weighted by molar-refractivity contribution is 5.08. The summed E-state index contributed by atoms with van der Waals surface area (Å²) < 4.78 is 3.84. The van der Waals surface area contributed by atoms with Gasteiger partial charge in [-0.25, -0.2) is 9.97 Å². The third-order valence-electron chi connectivity index (χ3n) is 2.85. The molecular weight excluding hydrogens is 216 g/mol. The summed E-state index contributed by atoms with van der Waals surface area (Å²) in [4.78, 5) is 8.42. The van der Waals surface area contributed by atoms with Crippen LogP contribution in [0, 0.1) is 0 Å². The molecule has 2 aromatic rings. The van der Waals surface area contributed by atoms with Gasteiger partial charge in [0.05, 0.1) is 18.1 Å². The number of hydrogen-bond acceptors (Lipinski definition) is 4. The predicted octanol–water partition coefficient (Wildman–Crippen LogP) is 0.442. The van der Waals surface area contributed by atoms with Crippen LogP contribution in [0.1, 0.15) is 24.5 Å². The Morgan fingerprint density at radius 1 is 1.41 bits per heavy atom. The Labute approximate surface area is 101 Å². The van der Waals surface area contributed by atoms with Gasteiger partial charge in [-0.1, -0.05) is 6.92 Å². The summed E-state index contributed by atoms with van der Waals surface area (Å²) in [7, 11) is 3.91. The van der Waals surface area contributed by atoms with Crippen LogP contribution < -0.4 is 5.32 Å². The van der Waals surface area contributed by atoms with E-state index >= 15 is 0 Å². The minimum absolute atomic E-state index is 0.218. The van der Waals surface area contributed by atoms with Crippen LogP contribution in [0.15, 0.2) is 18.9 Å². The molecule has 0 aromatic carbocycles. The quantitative estimate of drug-likeness (QED) is 0.815. The number of imidazole rings is 1. The Hall–Kier alpha value is -1.69. The van der Waals surface area contributed by atoms with Gasteiger partial charge in [0.25, 0.3) is 0 Å². The third-order valence-corrected chi connectivity index (χ3v) is 2.85. The van der Waals surface area contributed by atoms with Crippen LogP contribution in [0.25, 0.3) is 0 Å². The number of likely N-dealkylation sites (N-methyl/N-ethyl adjacent to an activating group) is 1. The van der Waals surface area contributed by atoms with E-state index in [4.69, 9.17) is 0 Å². The fourth-order valence-corrected chi connectivity index (χ4v) is 1.92. The van der Waals surface area contributed by atoms with Crippen molar-refractivity contribution in [3.8, 4) is 0 Å². The van der Waals surface area contributed by atoms with E-state index in [2.05, 4.69) is 27.3 Å². The normalized spacial score (nSPS) is 12.9. The van der Waals surface area contributed by atoms with Gasteiger partial charge in [0.15, 0.2) is 0 Å². The van der Waals surface area contributed by atoms with Gasteiger partial charge < -0.3 is 9.88 Å². The number of aromatic nitrogens is 5. The van der Waals surface area contributed by atoms with Crippen molar-refractivity contribution in [3.05, 3.63) is 30.4 Å². The zero-order chi connectivity index (χ0) is 12.3. The molecule has 1 atom stereocenters. The molecule has 0 spiro atoms. The molecule has 17 heavy (non-hydrogen) atoms. The van der Waals surface area contributed by atoms with E-state index in [1.54, 1.807) is 11.0 Å². The Morgan fingerprint density at radius 2 is 2.24 bits per heavy atom. The largest absolute Gasteiger partial charge is 0.336 e. The average molecular weight is 234 g/mol. The second-order valence-electron chi connectivity index (χ2n) is 4.04. The van der Waals surface area contributed by atoms with E-state index in [-0.39, 0.29) is 6.04 Å². The minimum Gasteiger partial charge on any atom is -0.336 e. The van der Waals surface area contributed by atoms with E-state index in [1.807, 2.05) is 31.2 Å². The first-order chi connectivity index (χ1) is 8.22. The Balaban J connectivity index is 2.19. The zero-order valence-corrected chi connectivity index (χ0v) is 10.5. The second-order valence-corrected chi connectivity index (χ2v) is 4.04. The highest BCUT2D eigenvalue weighted by Crippen LogP contribution is 2.15.